The van der Waals surface area contributed by atoms with Gasteiger partial charge in [0.05, 0.1) is 12.9 Å². The highest BCUT2D eigenvalue weighted by molar-refractivity contribution is 7.83. The van der Waals surface area contributed by atoms with Gasteiger partial charge in [-0.1, -0.05) is 0 Å². The molecule has 1 saturated heterocycles. The van der Waals surface area contributed by atoms with E-state index in [0.717, 1.165) is 0 Å². The van der Waals surface area contributed by atoms with Crippen LogP contribution in [0, 0.1) is 0 Å². The summed E-state index contributed by atoms with van der Waals surface area (Å²) in [5, 5.41) is 20.3. The van der Waals surface area contributed by atoms with Crippen LogP contribution in [0.3, 0.4) is 0 Å². The minimum atomic E-state index is -5.16. The third-order valence-corrected chi connectivity index (χ3v) is 5.91. The van der Waals surface area contributed by atoms with Gasteiger partial charge in [-0.15, -0.1) is 0 Å². The molecule has 15 nitrogen and oxygen atoms in total. The molecule has 2 radical (unpaired) electrons. The smallest absolute Gasteiger partial charge is 0.387 e. The van der Waals surface area contributed by atoms with Gasteiger partial charge in [0.15, 0.2) is 17.7 Å². The molecule has 28 heavy (non-hydrogen) atoms. The van der Waals surface area contributed by atoms with Crippen molar-refractivity contribution in [2.24, 2.45) is 0 Å². The lowest BCUT2D eigenvalue weighted by molar-refractivity contribution is -0.0479. The topological polar surface area (TPSA) is 247 Å². The Morgan fingerprint density at radius 2 is 1.93 bits per heavy atom. The van der Waals surface area contributed by atoms with Crippen molar-refractivity contribution in [3.63, 3.8) is 0 Å². The Labute approximate surface area is 158 Å². The van der Waals surface area contributed by atoms with E-state index in [-0.39, 0.29) is 23.1 Å². The van der Waals surface area contributed by atoms with Crippen molar-refractivity contribution >= 4 is 39.8 Å². The van der Waals surface area contributed by atoms with E-state index in [1.165, 1.54) is 17.2 Å². The fourth-order valence-corrected chi connectivity index (χ4v) is 4.23. The number of rotatable bonds is 6. The van der Waals surface area contributed by atoms with Crippen LogP contribution in [0.1, 0.15) is 6.23 Å². The van der Waals surface area contributed by atoms with Gasteiger partial charge in [-0.3, -0.25) is 9.13 Å². The third kappa shape index (κ3) is 4.75. The molecule has 1 aliphatic rings. The summed E-state index contributed by atoms with van der Waals surface area (Å²) in [6, 6.07) is 0. The molecule has 1 fully saturated rings. The summed E-state index contributed by atoms with van der Waals surface area (Å²) in [4.78, 5) is 29.0. The van der Waals surface area contributed by atoms with Gasteiger partial charge in [-0.05, 0) is 0 Å². The quantitative estimate of drug-likeness (QED) is 0.224. The molecule has 3 heterocycles. The van der Waals surface area contributed by atoms with Crippen molar-refractivity contribution in [2.45, 2.75) is 24.5 Å². The molecule has 9 N–H and O–H groups in total. The minimum absolute atomic E-state index is 0. The standard InChI is InChI=1S/C10H14BN5O9P2.H3N/c11-26(19,25-27(20,21)22)23-1-4-6(17)7(18)10(24-4)16-3-15-5-8(12)13-2-14-9(5)16;/h2-4,6-7,10,17-18H,1H2,(H2,12,13,14)(H2,20,21,22);1H3/t4-,6-,7-,10-,26+;/m1./s1. The van der Waals surface area contributed by atoms with Crippen molar-refractivity contribution in [1.82, 2.24) is 25.7 Å². The molecule has 0 aromatic carbocycles. The Kier molecular flexibility index (Phi) is 6.63. The summed E-state index contributed by atoms with van der Waals surface area (Å²) < 4.78 is 37.7. The molecule has 2 aromatic rings. The van der Waals surface area contributed by atoms with E-state index in [4.69, 9.17) is 27.8 Å². The summed E-state index contributed by atoms with van der Waals surface area (Å²) in [6.07, 6.45) is -2.94. The Hall–Kier alpha value is -1.45. The summed E-state index contributed by atoms with van der Waals surface area (Å²) >= 11 is 0. The summed E-state index contributed by atoms with van der Waals surface area (Å²) in [5.41, 5.74) is 6.17. The predicted molar refractivity (Wildman–Crippen MR) is 93.1 cm³/mol. The molecule has 0 bridgehead atoms. The zero-order valence-electron chi connectivity index (χ0n) is 14.0. The number of fused-ring (bicyclic) bond motifs is 1. The number of nitrogen functional groups attached to an aromatic ring is 1. The number of nitrogens with two attached hydrogens (primary N) is 1. The molecule has 5 atom stereocenters. The molecule has 0 amide bonds. The maximum absolute atomic E-state index is 11.7. The van der Waals surface area contributed by atoms with E-state index in [1.807, 2.05) is 0 Å². The second-order valence-corrected chi connectivity index (χ2v) is 8.51. The van der Waals surface area contributed by atoms with Crippen LogP contribution in [0.2, 0.25) is 0 Å². The van der Waals surface area contributed by atoms with Crippen molar-refractivity contribution in [3.8, 4) is 0 Å². The van der Waals surface area contributed by atoms with E-state index < -0.39 is 46.4 Å². The average molecular weight is 438 g/mol. The zero-order valence-corrected chi connectivity index (χ0v) is 15.8. The SMILES string of the molecule is N.[B][P@](=O)(OC[C@H]1O[C@@H](n2cnc3c(N)ncnc32)[C@H](O)[C@@H]1O)OP(=O)(O)O. The molecule has 18 heteroatoms. The highest BCUT2D eigenvalue weighted by Gasteiger charge is 2.45. The Morgan fingerprint density at radius 1 is 1.25 bits per heavy atom. The molecule has 0 aliphatic carbocycles. The monoisotopic (exact) mass is 438 g/mol. The molecule has 2 aromatic heterocycles. The number of anilines is 1. The summed E-state index contributed by atoms with van der Waals surface area (Å²) in [6.45, 7) is -0.688. The van der Waals surface area contributed by atoms with Crippen LogP contribution in [0.4, 0.5) is 5.82 Å². The molecule has 154 valence electrons. The fourth-order valence-electron chi connectivity index (χ4n) is 2.50. The number of hydrogen-bond acceptors (Lipinski definition) is 12. The number of imidazole rings is 1. The molecule has 0 spiro atoms. The minimum Gasteiger partial charge on any atom is -0.387 e. The Bertz CT molecular complexity index is 939. The number of aromatic nitrogens is 4. The van der Waals surface area contributed by atoms with E-state index >= 15 is 0 Å². The lowest BCUT2D eigenvalue weighted by Crippen LogP contribution is -2.33. The van der Waals surface area contributed by atoms with Crippen LogP contribution in [-0.4, -0.2) is 72.0 Å². The average Bonchev–Trinajstić information content (AvgIpc) is 3.07. The van der Waals surface area contributed by atoms with Crippen LogP contribution in [-0.2, 0) is 22.7 Å². The van der Waals surface area contributed by atoms with Gasteiger partial charge in [0.2, 0.25) is 7.57 Å². The van der Waals surface area contributed by atoms with Crippen molar-refractivity contribution < 1.29 is 42.7 Å². The number of aliphatic hydroxyl groups is 2. The second kappa shape index (κ2) is 8.12. The lowest BCUT2D eigenvalue weighted by atomic mass is 10.1. The molecule has 0 saturated carbocycles. The van der Waals surface area contributed by atoms with E-state index in [9.17, 15) is 19.3 Å². The van der Waals surface area contributed by atoms with Gasteiger partial charge in [0.25, 0.3) is 7.47 Å². The van der Waals surface area contributed by atoms with Gasteiger partial charge in [-0.2, -0.15) is 0 Å². The number of phosphoric acid groups is 1. The van der Waals surface area contributed by atoms with Gasteiger partial charge >= 0.3 is 7.82 Å². The van der Waals surface area contributed by atoms with Crippen LogP contribution >= 0.6 is 15.3 Å². The van der Waals surface area contributed by atoms with Crippen molar-refractivity contribution in [3.05, 3.63) is 12.7 Å². The third-order valence-electron chi connectivity index (χ3n) is 3.64. The van der Waals surface area contributed by atoms with Crippen molar-refractivity contribution in [2.75, 3.05) is 12.3 Å². The first-order valence-corrected chi connectivity index (χ1v) is 10.4. The molecule has 3 rings (SSSR count). The first kappa shape index (κ1) is 22.8. The van der Waals surface area contributed by atoms with Gasteiger partial charge in [0, 0.05) is 0 Å². The first-order valence-electron chi connectivity index (χ1n) is 7.23. The largest absolute Gasteiger partial charge is 0.476 e. The van der Waals surface area contributed by atoms with Crippen molar-refractivity contribution in [1.29, 1.82) is 0 Å². The lowest BCUT2D eigenvalue weighted by Gasteiger charge is -2.19. The Balaban J connectivity index is 0.00000280. The summed E-state index contributed by atoms with van der Waals surface area (Å²) in [5.74, 6) is 0.102. The number of aliphatic hydroxyl groups excluding tert-OH is 2. The predicted octanol–water partition coefficient (Wildman–Crippen LogP) is -1.41. The highest BCUT2D eigenvalue weighted by Crippen LogP contribution is 2.57. The van der Waals surface area contributed by atoms with Gasteiger partial charge in [0.1, 0.15) is 30.2 Å². The number of hydrogen-bond donors (Lipinski definition) is 6. The normalized spacial score (nSPS) is 27.4. The zero-order chi connectivity index (χ0) is 20.0. The Morgan fingerprint density at radius 3 is 2.57 bits per heavy atom. The maximum atomic E-state index is 11.7. The van der Waals surface area contributed by atoms with E-state index in [1.54, 1.807) is 0 Å². The molecular weight excluding hydrogens is 421 g/mol. The fraction of sp³-hybridized carbons (Fsp3) is 0.500. The number of ether oxygens (including phenoxy) is 1. The second-order valence-electron chi connectivity index (χ2n) is 5.54. The molecule has 0 unspecified atom stereocenters. The highest BCUT2D eigenvalue weighted by atomic mass is 31.3. The van der Waals surface area contributed by atoms with Crippen LogP contribution < -0.4 is 11.9 Å². The maximum Gasteiger partial charge on any atom is 0.476 e. The van der Waals surface area contributed by atoms with Gasteiger partial charge in [-0.25, -0.2) is 23.8 Å². The molecule has 1 aliphatic heterocycles. The molecular formula is C10H17BN6O9P2. The van der Waals surface area contributed by atoms with Gasteiger partial charge < -0.3 is 41.1 Å². The number of nitrogens with zero attached hydrogens (tertiary/aromatic N) is 4. The van der Waals surface area contributed by atoms with E-state index in [2.05, 4.69) is 23.8 Å². The summed E-state index contributed by atoms with van der Waals surface area (Å²) in [7, 11) is -4.74. The van der Waals surface area contributed by atoms with E-state index in [0.29, 0.717) is 0 Å². The van der Waals surface area contributed by atoms with Crippen LogP contribution in [0.15, 0.2) is 12.7 Å². The first-order chi connectivity index (χ1) is 12.5. The van der Waals surface area contributed by atoms with Crippen LogP contribution in [0.25, 0.3) is 11.2 Å². The van der Waals surface area contributed by atoms with Crippen LogP contribution in [0.5, 0.6) is 0 Å².